The molecule has 2 heterocycles. The van der Waals surface area contributed by atoms with Crippen LogP contribution in [0.15, 0.2) is 267 Å². The van der Waals surface area contributed by atoms with Gasteiger partial charge in [-0.3, -0.25) is 0 Å². The first-order valence-electron chi connectivity index (χ1n) is 26.0. The maximum absolute atomic E-state index is 2.63. The maximum atomic E-state index is 2.63. The lowest BCUT2D eigenvalue weighted by Gasteiger charge is -2.45. The van der Waals surface area contributed by atoms with Crippen LogP contribution in [0.4, 0.5) is 34.1 Å². The largest absolute Gasteiger partial charge is 0.311 e. The third-order valence-electron chi connectivity index (χ3n) is 16.1. The molecule has 0 unspecified atom stereocenters. The molecule has 0 bridgehead atoms. The Morgan fingerprint density at radius 1 is 0.324 bits per heavy atom. The van der Waals surface area contributed by atoms with E-state index in [4.69, 9.17) is 0 Å². The fourth-order valence-electron chi connectivity index (χ4n) is 12.6. The zero-order valence-corrected chi connectivity index (χ0v) is 41.9. The SMILES string of the molecule is CC(C)(C)c1cc2c3c(c1)N(c1ccc(-c4ccccc4)cc1)c1cc4c(cc1B3c1cc(-c3ccccc3)ccc1N2c1ccc(-c2ccccc2)cc1)C(c1ccccc1)(c1ccccc1)c1ccccc1-4. The minimum absolute atomic E-state index is 0.111. The molecule has 350 valence electrons. The second-order valence-electron chi connectivity index (χ2n) is 21.2. The molecule has 0 saturated carbocycles. The Kier molecular flexibility index (Phi) is 10.1. The summed E-state index contributed by atoms with van der Waals surface area (Å²) in [6.45, 7) is 6.95. The first-order valence-corrected chi connectivity index (χ1v) is 26.0. The lowest BCUT2D eigenvalue weighted by Crippen LogP contribution is -2.61. The number of rotatable bonds is 7. The second kappa shape index (κ2) is 17.1. The number of nitrogens with zero attached hydrogens (tertiary/aromatic N) is 2. The molecule has 0 fully saturated rings. The van der Waals surface area contributed by atoms with Crippen molar-refractivity contribution in [2.45, 2.75) is 31.6 Å². The smallest absolute Gasteiger partial charge is 0.252 e. The van der Waals surface area contributed by atoms with Crippen LogP contribution in [-0.4, -0.2) is 6.71 Å². The van der Waals surface area contributed by atoms with Gasteiger partial charge in [0.1, 0.15) is 0 Å². The standard InChI is InChI=1S/C71H53BN2/c1-70(2,3)56-44-67-69-68(45-56)74(58-40-35-52(36-41-58)49-23-11-5-12-24-49)66-46-60-59-31-19-20-32-61(59)71(54-27-15-7-16-28-54,55-29-17-8-18-30-55)62(60)47-64(66)72(69)63-43-53(50-25-13-6-14-26-50)37-42-65(63)73(67)57-38-33-51(34-39-57)48-21-9-4-10-22-48/h4-47H,1-3H3. The highest BCUT2D eigenvalue weighted by molar-refractivity contribution is 7.00. The van der Waals surface area contributed by atoms with Crippen molar-refractivity contribution in [3.63, 3.8) is 0 Å². The molecule has 2 aliphatic heterocycles. The first-order chi connectivity index (χ1) is 36.3. The number of fused-ring (bicyclic) bond motifs is 7. The molecule has 0 amide bonds. The van der Waals surface area contributed by atoms with Gasteiger partial charge in [0.25, 0.3) is 6.71 Å². The van der Waals surface area contributed by atoms with Crippen molar-refractivity contribution in [2.75, 3.05) is 9.80 Å². The van der Waals surface area contributed by atoms with Crippen LogP contribution in [-0.2, 0) is 10.8 Å². The molecule has 0 radical (unpaired) electrons. The van der Waals surface area contributed by atoms with Crippen molar-refractivity contribution in [3.8, 4) is 44.5 Å². The molecular weight excluding hydrogens is 892 g/mol. The summed E-state index contributed by atoms with van der Waals surface area (Å²) >= 11 is 0. The van der Waals surface area contributed by atoms with Crippen LogP contribution in [0.3, 0.4) is 0 Å². The lowest BCUT2D eigenvalue weighted by atomic mass is 9.33. The van der Waals surface area contributed by atoms with E-state index in [1.165, 1.54) is 111 Å². The van der Waals surface area contributed by atoms with E-state index in [0.717, 1.165) is 11.4 Å². The molecule has 14 rings (SSSR count). The number of anilines is 6. The van der Waals surface area contributed by atoms with E-state index in [0.29, 0.717) is 0 Å². The highest BCUT2D eigenvalue weighted by Gasteiger charge is 2.50. The molecular formula is C71H53BN2. The molecule has 0 atom stereocenters. The Balaban J connectivity index is 1.10. The monoisotopic (exact) mass is 944 g/mol. The van der Waals surface area contributed by atoms with Crippen molar-refractivity contribution < 1.29 is 0 Å². The lowest BCUT2D eigenvalue weighted by molar-refractivity contribution is 0.590. The van der Waals surface area contributed by atoms with Crippen LogP contribution >= 0.6 is 0 Å². The predicted octanol–water partition coefficient (Wildman–Crippen LogP) is 16.4. The molecule has 11 aromatic rings. The Hall–Kier alpha value is -8.92. The van der Waals surface area contributed by atoms with Gasteiger partial charge in [-0.15, -0.1) is 0 Å². The summed E-state index contributed by atoms with van der Waals surface area (Å²) in [5.41, 5.74) is 26.4. The van der Waals surface area contributed by atoms with E-state index in [-0.39, 0.29) is 12.1 Å². The topological polar surface area (TPSA) is 6.48 Å². The van der Waals surface area contributed by atoms with Gasteiger partial charge in [0.2, 0.25) is 0 Å². The van der Waals surface area contributed by atoms with Crippen LogP contribution < -0.4 is 26.2 Å². The summed E-state index contributed by atoms with van der Waals surface area (Å²) in [5, 5.41) is 0. The summed E-state index contributed by atoms with van der Waals surface area (Å²) in [7, 11) is 0. The Morgan fingerprint density at radius 2 is 0.743 bits per heavy atom. The summed E-state index contributed by atoms with van der Waals surface area (Å²) in [6, 6.07) is 100.0. The quantitative estimate of drug-likeness (QED) is 0.147. The summed E-state index contributed by atoms with van der Waals surface area (Å²) in [6.07, 6.45) is 0. The van der Waals surface area contributed by atoms with E-state index in [2.05, 4.69) is 297 Å². The zero-order valence-electron chi connectivity index (χ0n) is 41.9. The maximum Gasteiger partial charge on any atom is 0.252 e. The van der Waals surface area contributed by atoms with Gasteiger partial charge >= 0.3 is 0 Å². The average molecular weight is 945 g/mol. The molecule has 0 aromatic heterocycles. The molecule has 3 heteroatoms. The fourth-order valence-corrected chi connectivity index (χ4v) is 12.6. The molecule has 0 saturated heterocycles. The zero-order chi connectivity index (χ0) is 49.5. The average Bonchev–Trinajstić information content (AvgIpc) is 3.87. The van der Waals surface area contributed by atoms with Crippen molar-refractivity contribution in [3.05, 3.63) is 295 Å². The Bertz CT molecular complexity index is 3860. The molecule has 74 heavy (non-hydrogen) atoms. The van der Waals surface area contributed by atoms with E-state index >= 15 is 0 Å². The normalized spacial score (nSPS) is 13.6. The molecule has 0 spiro atoms. The fraction of sp³-hybridized carbons (Fsp3) is 0.0704. The van der Waals surface area contributed by atoms with Gasteiger partial charge in [0.05, 0.1) is 5.41 Å². The summed E-state index contributed by atoms with van der Waals surface area (Å²) in [4.78, 5) is 5.16. The van der Waals surface area contributed by atoms with Gasteiger partial charge in [-0.2, -0.15) is 0 Å². The number of benzene rings is 11. The van der Waals surface area contributed by atoms with E-state index in [9.17, 15) is 0 Å². The van der Waals surface area contributed by atoms with Gasteiger partial charge in [-0.25, -0.2) is 0 Å². The van der Waals surface area contributed by atoms with Crippen molar-refractivity contribution in [1.82, 2.24) is 0 Å². The van der Waals surface area contributed by atoms with Gasteiger partial charge < -0.3 is 9.80 Å². The van der Waals surface area contributed by atoms with Crippen LogP contribution in [0.1, 0.15) is 48.6 Å². The molecule has 2 nitrogen and oxygen atoms in total. The molecule has 0 N–H and O–H groups in total. The summed E-state index contributed by atoms with van der Waals surface area (Å²) in [5.74, 6) is 0. The highest BCUT2D eigenvalue weighted by Crippen LogP contribution is 2.58. The van der Waals surface area contributed by atoms with E-state index < -0.39 is 5.41 Å². The van der Waals surface area contributed by atoms with Crippen molar-refractivity contribution >= 4 is 57.2 Å². The summed E-state index contributed by atoms with van der Waals surface area (Å²) < 4.78 is 0. The van der Waals surface area contributed by atoms with Crippen molar-refractivity contribution in [2.24, 2.45) is 0 Å². The number of hydrogen-bond acceptors (Lipinski definition) is 2. The minimum atomic E-state index is -0.569. The van der Waals surface area contributed by atoms with Gasteiger partial charge in [-0.1, -0.05) is 239 Å². The van der Waals surface area contributed by atoms with Gasteiger partial charge in [-0.05, 0) is 143 Å². The van der Waals surface area contributed by atoms with Crippen LogP contribution in [0, 0.1) is 0 Å². The first kappa shape index (κ1) is 43.8. The Labute approximate surface area is 435 Å². The van der Waals surface area contributed by atoms with Gasteiger partial charge in [0.15, 0.2) is 0 Å². The third kappa shape index (κ3) is 6.80. The second-order valence-corrected chi connectivity index (χ2v) is 21.2. The van der Waals surface area contributed by atoms with Crippen LogP contribution in [0.25, 0.3) is 44.5 Å². The predicted molar refractivity (Wildman–Crippen MR) is 313 cm³/mol. The van der Waals surface area contributed by atoms with E-state index in [1.807, 2.05) is 0 Å². The van der Waals surface area contributed by atoms with E-state index in [1.54, 1.807) is 0 Å². The highest BCUT2D eigenvalue weighted by atomic mass is 15.2. The molecule has 3 aliphatic rings. The minimum Gasteiger partial charge on any atom is -0.311 e. The van der Waals surface area contributed by atoms with Crippen molar-refractivity contribution in [1.29, 1.82) is 0 Å². The Morgan fingerprint density at radius 3 is 1.26 bits per heavy atom. The van der Waals surface area contributed by atoms with Gasteiger partial charge in [0, 0.05) is 34.1 Å². The molecule has 1 aliphatic carbocycles. The van der Waals surface area contributed by atoms with Crippen LogP contribution in [0.5, 0.6) is 0 Å². The van der Waals surface area contributed by atoms with Crippen LogP contribution in [0.2, 0.25) is 0 Å². The third-order valence-corrected chi connectivity index (χ3v) is 16.1. The molecule has 11 aromatic carbocycles. The number of hydrogen-bond donors (Lipinski definition) is 0.